The van der Waals surface area contributed by atoms with Crippen molar-refractivity contribution in [2.75, 3.05) is 6.54 Å². The third kappa shape index (κ3) is 1.95. The largest absolute Gasteiger partial charge is 0.365 e. The van der Waals surface area contributed by atoms with Crippen molar-refractivity contribution in [2.24, 2.45) is 23.5 Å². The first-order valence-electron chi connectivity index (χ1n) is 9.29. The van der Waals surface area contributed by atoms with Gasteiger partial charge in [0.25, 0.3) is 5.91 Å². The van der Waals surface area contributed by atoms with Crippen LogP contribution >= 0.6 is 0 Å². The summed E-state index contributed by atoms with van der Waals surface area (Å²) in [5.74, 6) is 2.61. The predicted molar refractivity (Wildman–Crippen MR) is 89.1 cm³/mol. The molecule has 1 aliphatic heterocycles. The van der Waals surface area contributed by atoms with Gasteiger partial charge in [-0.3, -0.25) is 4.79 Å². The molecule has 3 nitrogen and oxygen atoms in total. The number of fused-ring (bicyclic) bond motifs is 1. The van der Waals surface area contributed by atoms with Gasteiger partial charge in [-0.05, 0) is 37.0 Å². The van der Waals surface area contributed by atoms with Crippen molar-refractivity contribution in [3.8, 4) is 0 Å². The molecular formula is C20H27N2O+. The zero-order valence-electron chi connectivity index (χ0n) is 13.8. The molecule has 5 aliphatic rings. The third-order valence-corrected chi connectivity index (χ3v) is 7.54. The molecule has 6 rings (SSSR count). The summed E-state index contributed by atoms with van der Waals surface area (Å²) in [6, 6.07) is 8.80. The highest BCUT2D eigenvalue weighted by atomic mass is 16.1. The van der Waals surface area contributed by atoms with Crippen LogP contribution in [0.25, 0.3) is 0 Å². The second-order valence-corrected chi connectivity index (χ2v) is 9.00. The van der Waals surface area contributed by atoms with E-state index in [4.69, 9.17) is 5.73 Å². The minimum atomic E-state index is -0.117. The van der Waals surface area contributed by atoms with E-state index in [0.29, 0.717) is 12.1 Å². The molecule has 4 bridgehead atoms. The van der Waals surface area contributed by atoms with Crippen LogP contribution in [0.1, 0.15) is 49.7 Å². The minimum absolute atomic E-state index is 0.117. The summed E-state index contributed by atoms with van der Waals surface area (Å²) in [4.78, 5) is 12.0. The first-order chi connectivity index (χ1) is 11.1. The molecule has 0 atom stereocenters. The van der Waals surface area contributed by atoms with Gasteiger partial charge in [-0.2, -0.15) is 0 Å². The highest BCUT2D eigenvalue weighted by Gasteiger charge is 2.62. The Morgan fingerprint density at radius 2 is 1.48 bits per heavy atom. The van der Waals surface area contributed by atoms with Crippen LogP contribution in [0.4, 0.5) is 0 Å². The van der Waals surface area contributed by atoms with Gasteiger partial charge in [-0.1, -0.05) is 24.3 Å². The van der Waals surface area contributed by atoms with Crippen molar-refractivity contribution in [3.63, 3.8) is 0 Å². The molecule has 1 heterocycles. The van der Waals surface area contributed by atoms with Gasteiger partial charge in [0.15, 0.2) is 6.54 Å². The fourth-order valence-electron chi connectivity index (χ4n) is 7.13. The molecule has 2 N–H and O–H groups in total. The number of nitrogens with two attached hydrogens (primary N) is 1. The Labute approximate surface area is 138 Å². The molecular weight excluding hydrogens is 284 g/mol. The second-order valence-electron chi connectivity index (χ2n) is 9.00. The standard InChI is InChI=1S/C20H26N2O/c21-19(23)13-22(11-17-3-1-2-4-18(17)12-22)20-8-14-5-15(9-20)7-16(6-14)10-20/h1-4,14-16H,5-13H2,(H-,21,23)/p+1. The molecule has 1 aromatic carbocycles. The van der Waals surface area contributed by atoms with Crippen LogP contribution in [0, 0.1) is 17.8 Å². The summed E-state index contributed by atoms with van der Waals surface area (Å²) in [5, 5.41) is 0. The second kappa shape index (κ2) is 4.60. The number of amides is 1. The van der Waals surface area contributed by atoms with E-state index in [1.54, 1.807) is 0 Å². The van der Waals surface area contributed by atoms with E-state index in [9.17, 15) is 4.79 Å². The van der Waals surface area contributed by atoms with Crippen LogP contribution < -0.4 is 5.73 Å². The number of carbonyl (C=O) groups excluding carboxylic acids is 1. The number of benzene rings is 1. The Balaban J connectivity index is 1.58. The van der Waals surface area contributed by atoms with E-state index >= 15 is 0 Å². The predicted octanol–water partition coefficient (Wildman–Crippen LogP) is 2.97. The Hall–Kier alpha value is -1.35. The number of hydrogen-bond acceptors (Lipinski definition) is 1. The van der Waals surface area contributed by atoms with E-state index in [2.05, 4.69) is 24.3 Å². The summed E-state index contributed by atoms with van der Waals surface area (Å²) in [6.45, 7) is 2.57. The number of quaternary nitrogens is 1. The summed E-state index contributed by atoms with van der Waals surface area (Å²) in [6.07, 6.45) is 8.34. The smallest absolute Gasteiger partial charge is 0.272 e. The fraction of sp³-hybridized carbons (Fsp3) is 0.650. The summed E-state index contributed by atoms with van der Waals surface area (Å²) in [7, 11) is 0. The van der Waals surface area contributed by atoms with Gasteiger partial charge >= 0.3 is 0 Å². The molecule has 1 amide bonds. The number of primary amides is 1. The Kier molecular flexibility index (Phi) is 2.80. The van der Waals surface area contributed by atoms with E-state index in [1.807, 2.05) is 0 Å². The minimum Gasteiger partial charge on any atom is -0.365 e. The lowest BCUT2D eigenvalue weighted by Gasteiger charge is -2.63. The quantitative estimate of drug-likeness (QED) is 0.857. The number of nitrogens with zero attached hydrogens (tertiary/aromatic N) is 1. The summed E-state index contributed by atoms with van der Waals surface area (Å²) >= 11 is 0. The van der Waals surface area contributed by atoms with Crippen molar-refractivity contribution in [3.05, 3.63) is 35.4 Å². The summed E-state index contributed by atoms with van der Waals surface area (Å²) < 4.78 is 0.936. The van der Waals surface area contributed by atoms with Gasteiger partial charge < -0.3 is 10.2 Å². The molecule has 122 valence electrons. The van der Waals surface area contributed by atoms with Gasteiger partial charge in [0.2, 0.25) is 0 Å². The van der Waals surface area contributed by atoms with Gasteiger partial charge in [-0.15, -0.1) is 0 Å². The topological polar surface area (TPSA) is 43.1 Å². The van der Waals surface area contributed by atoms with E-state index in [0.717, 1.165) is 35.3 Å². The van der Waals surface area contributed by atoms with Crippen molar-refractivity contribution in [2.45, 2.75) is 57.2 Å². The molecule has 0 unspecified atom stereocenters. The van der Waals surface area contributed by atoms with E-state index in [1.165, 1.54) is 49.7 Å². The summed E-state index contributed by atoms with van der Waals surface area (Å²) in [5.41, 5.74) is 8.98. The maximum absolute atomic E-state index is 12.0. The number of hydrogen-bond donors (Lipinski definition) is 1. The van der Waals surface area contributed by atoms with Crippen LogP contribution in [0.3, 0.4) is 0 Å². The molecule has 3 heteroatoms. The van der Waals surface area contributed by atoms with Crippen molar-refractivity contribution < 1.29 is 9.28 Å². The molecule has 0 saturated heterocycles. The normalized spacial score (nSPS) is 39.4. The maximum Gasteiger partial charge on any atom is 0.272 e. The Morgan fingerprint density at radius 3 is 1.91 bits per heavy atom. The first kappa shape index (κ1) is 14.0. The molecule has 4 saturated carbocycles. The average Bonchev–Trinajstić information content (AvgIpc) is 2.84. The SMILES string of the molecule is NC(=O)C[N+]1(C23CC4CC(CC(C4)C2)C3)Cc2ccccc2C1. The van der Waals surface area contributed by atoms with Crippen molar-refractivity contribution >= 4 is 5.91 Å². The molecule has 1 aromatic rings. The number of carbonyl (C=O) groups is 1. The molecule has 0 aromatic heterocycles. The highest BCUT2D eigenvalue weighted by Crippen LogP contribution is 2.61. The van der Waals surface area contributed by atoms with Crippen LogP contribution in [0.15, 0.2) is 24.3 Å². The van der Waals surface area contributed by atoms with Crippen LogP contribution in [-0.4, -0.2) is 22.5 Å². The van der Waals surface area contributed by atoms with Crippen LogP contribution in [0.5, 0.6) is 0 Å². The maximum atomic E-state index is 12.0. The molecule has 0 radical (unpaired) electrons. The van der Waals surface area contributed by atoms with Gasteiger partial charge in [0, 0.05) is 30.4 Å². The van der Waals surface area contributed by atoms with Crippen LogP contribution in [0.2, 0.25) is 0 Å². The van der Waals surface area contributed by atoms with E-state index in [-0.39, 0.29) is 5.91 Å². The average molecular weight is 311 g/mol. The molecule has 4 aliphatic carbocycles. The monoisotopic (exact) mass is 311 g/mol. The van der Waals surface area contributed by atoms with Gasteiger partial charge in [0.1, 0.15) is 18.6 Å². The zero-order valence-corrected chi connectivity index (χ0v) is 13.8. The van der Waals surface area contributed by atoms with Gasteiger partial charge in [-0.25, -0.2) is 0 Å². The van der Waals surface area contributed by atoms with Crippen LogP contribution in [-0.2, 0) is 17.9 Å². The Bertz CT molecular complexity index is 605. The third-order valence-electron chi connectivity index (χ3n) is 7.54. The Morgan fingerprint density at radius 1 is 1.00 bits per heavy atom. The lowest BCUT2D eigenvalue weighted by atomic mass is 9.52. The lowest BCUT2D eigenvalue weighted by Crippen LogP contribution is -2.69. The number of rotatable bonds is 3. The first-order valence-corrected chi connectivity index (χ1v) is 9.29. The lowest BCUT2D eigenvalue weighted by molar-refractivity contribution is -0.993. The molecule has 4 fully saturated rings. The van der Waals surface area contributed by atoms with Crippen molar-refractivity contribution in [1.82, 2.24) is 0 Å². The van der Waals surface area contributed by atoms with E-state index < -0.39 is 0 Å². The van der Waals surface area contributed by atoms with Gasteiger partial charge in [0.05, 0.1) is 0 Å². The molecule has 0 spiro atoms. The molecule has 23 heavy (non-hydrogen) atoms. The fourth-order valence-corrected chi connectivity index (χ4v) is 7.13. The van der Waals surface area contributed by atoms with Crippen molar-refractivity contribution in [1.29, 1.82) is 0 Å². The highest BCUT2D eigenvalue weighted by molar-refractivity contribution is 5.75. The zero-order chi connectivity index (χ0) is 15.7.